The summed E-state index contributed by atoms with van der Waals surface area (Å²) < 4.78 is 29.0. The summed E-state index contributed by atoms with van der Waals surface area (Å²) in [5.41, 5.74) is 0. The Morgan fingerprint density at radius 1 is 1.35 bits per heavy atom. The number of rotatable bonds is 4. The SMILES string of the molecule is CC(C)n1cnc(S(=O)(=O)N2CCSC(c3cccs3)CC2)c1. The van der Waals surface area contributed by atoms with Gasteiger partial charge in [-0.25, -0.2) is 13.4 Å². The van der Waals surface area contributed by atoms with Crippen molar-refractivity contribution < 1.29 is 8.42 Å². The van der Waals surface area contributed by atoms with Crippen molar-refractivity contribution in [3.8, 4) is 0 Å². The molecule has 126 valence electrons. The molecule has 0 amide bonds. The van der Waals surface area contributed by atoms with E-state index in [0.717, 1.165) is 12.2 Å². The van der Waals surface area contributed by atoms with Gasteiger partial charge in [-0.15, -0.1) is 11.3 Å². The molecule has 0 bridgehead atoms. The van der Waals surface area contributed by atoms with E-state index in [4.69, 9.17) is 0 Å². The molecule has 0 aromatic carbocycles. The molecule has 0 N–H and O–H groups in total. The number of thioether (sulfide) groups is 1. The Hall–Kier alpha value is -0.830. The average molecular weight is 372 g/mol. The first-order valence-corrected chi connectivity index (χ1v) is 11.0. The highest BCUT2D eigenvalue weighted by atomic mass is 32.2. The van der Waals surface area contributed by atoms with E-state index in [1.165, 1.54) is 4.88 Å². The van der Waals surface area contributed by atoms with Crippen LogP contribution in [0.4, 0.5) is 0 Å². The molecule has 23 heavy (non-hydrogen) atoms. The maximum absolute atomic E-state index is 12.8. The minimum atomic E-state index is -3.50. The number of aromatic nitrogens is 2. The topological polar surface area (TPSA) is 55.2 Å². The zero-order chi connectivity index (χ0) is 16.4. The predicted octanol–water partition coefficient (Wildman–Crippen LogP) is 3.39. The van der Waals surface area contributed by atoms with E-state index < -0.39 is 10.0 Å². The first-order chi connectivity index (χ1) is 11.0. The molecule has 2 aromatic rings. The number of nitrogens with zero attached hydrogens (tertiary/aromatic N) is 3. The Kier molecular flexibility index (Phi) is 5.15. The van der Waals surface area contributed by atoms with Gasteiger partial charge in [-0.2, -0.15) is 16.1 Å². The molecule has 1 unspecified atom stereocenters. The minimum Gasteiger partial charge on any atom is -0.334 e. The van der Waals surface area contributed by atoms with Gasteiger partial charge in [0.25, 0.3) is 10.0 Å². The van der Waals surface area contributed by atoms with Crippen LogP contribution in [0.2, 0.25) is 0 Å². The van der Waals surface area contributed by atoms with Crippen molar-refractivity contribution in [2.75, 3.05) is 18.8 Å². The molecule has 1 aliphatic rings. The van der Waals surface area contributed by atoms with Crippen molar-refractivity contribution >= 4 is 33.1 Å². The lowest BCUT2D eigenvalue weighted by Crippen LogP contribution is -2.33. The van der Waals surface area contributed by atoms with Gasteiger partial charge in [0.05, 0.1) is 6.33 Å². The molecule has 3 rings (SSSR count). The zero-order valence-corrected chi connectivity index (χ0v) is 15.7. The Balaban J connectivity index is 1.75. The van der Waals surface area contributed by atoms with Crippen LogP contribution in [0.15, 0.2) is 35.1 Å². The van der Waals surface area contributed by atoms with Crippen LogP contribution < -0.4 is 0 Å². The predicted molar refractivity (Wildman–Crippen MR) is 95.5 cm³/mol. The molecule has 1 saturated heterocycles. The fourth-order valence-corrected chi connectivity index (χ4v) is 6.29. The van der Waals surface area contributed by atoms with Crippen LogP contribution >= 0.6 is 23.1 Å². The second-order valence-electron chi connectivity index (χ2n) is 5.82. The number of thiophene rings is 1. The largest absolute Gasteiger partial charge is 0.334 e. The summed E-state index contributed by atoms with van der Waals surface area (Å²) in [6.45, 7) is 5.11. The van der Waals surface area contributed by atoms with Crippen LogP contribution in [0.1, 0.15) is 36.4 Å². The van der Waals surface area contributed by atoms with Gasteiger partial charge in [-0.05, 0) is 31.7 Å². The molecule has 0 spiro atoms. The van der Waals surface area contributed by atoms with Crippen molar-refractivity contribution in [1.29, 1.82) is 0 Å². The second-order valence-corrected chi connectivity index (χ2v) is 10.00. The zero-order valence-electron chi connectivity index (χ0n) is 13.3. The molecular weight excluding hydrogens is 350 g/mol. The normalized spacial score (nSPS) is 20.7. The van der Waals surface area contributed by atoms with Crippen molar-refractivity contribution in [3.63, 3.8) is 0 Å². The lowest BCUT2D eigenvalue weighted by molar-refractivity contribution is 0.426. The fraction of sp³-hybridized carbons (Fsp3) is 0.533. The highest BCUT2D eigenvalue weighted by Gasteiger charge is 2.30. The van der Waals surface area contributed by atoms with E-state index in [-0.39, 0.29) is 11.1 Å². The van der Waals surface area contributed by atoms with Gasteiger partial charge < -0.3 is 4.57 Å². The summed E-state index contributed by atoms with van der Waals surface area (Å²) in [5.74, 6) is 0.812. The van der Waals surface area contributed by atoms with Crippen LogP contribution in [0.5, 0.6) is 0 Å². The first-order valence-electron chi connectivity index (χ1n) is 7.67. The maximum Gasteiger partial charge on any atom is 0.262 e. The van der Waals surface area contributed by atoms with Crippen LogP contribution in [0.3, 0.4) is 0 Å². The summed E-state index contributed by atoms with van der Waals surface area (Å²) in [6.07, 6.45) is 4.07. The maximum atomic E-state index is 12.8. The Morgan fingerprint density at radius 2 is 2.17 bits per heavy atom. The van der Waals surface area contributed by atoms with E-state index >= 15 is 0 Å². The van der Waals surface area contributed by atoms with E-state index in [9.17, 15) is 8.42 Å². The van der Waals surface area contributed by atoms with Crippen molar-refractivity contribution in [2.24, 2.45) is 0 Å². The third-order valence-corrected chi connectivity index (χ3v) is 8.17. The van der Waals surface area contributed by atoms with E-state index in [2.05, 4.69) is 22.5 Å². The third kappa shape index (κ3) is 3.65. The molecular formula is C15H21N3O2S3. The third-order valence-electron chi connectivity index (χ3n) is 3.94. The number of hydrogen-bond donors (Lipinski definition) is 0. The molecule has 1 atom stereocenters. The lowest BCUT2D eigenvalue weighted by atomic mass is 10.2. The highest BCUT2D eigenvalue weighted by molar-refractivity contribution is 7.99. The smallest absolute Gasteiger partial charge is 0.262 e. The molecule has 0 saturated carbocycles. The number of imidazole rings is 1. The van der Waals surface area contributed by atoms with Crippen molar-refractivity contribution in [3.05, 3.63) is 34.9 Å². The van der Waals surface area contributed by atoms with Crippen molar-refractivity contribution in [1.82, 2.24) is 13.9 Å². The quantitative estimate of drug-likeness (QED) is 0.827. The van der Waals surface area contributed by atoms with Gasteiger partial charge in [-0.3, -0.25) is 0 Å². The monoisotopic (exact) mass is 371 g/mol. The van der Waals surface area contributed by atoms with Gasteiger partial charge in [0, 0.05) is 41.2 Å². The summed E-state index contributed by atoms with van der Waals surface area (Å²) in [5, 5.41) is 2.63. The molecule has 5 nitrogen and oxygen atoms in total. The number of hydrogen-bond acceptors (Lipinski definition) is 5. The van der Waals surface area contributed by atoms with Crippen LogP contribution in [0, 0.1) is 0 Å². The van der Waals surface area contributed by atoms with E-state index in [0.29, 0.717) is 18.3 Å². The molecule has 3 heterocycles. The summed E-state index contributed by atoms with van der Waals surface area (Å²) in [7, 11) is -3.50. The van der Waals surface area contributed by atoms with Gasteiger partial charge in [0.1, 0.15) is 0 Å². The molecule has 1 fully saturated rings. The molecule has 8 heteroatoms. The van der Waals surface area contributed by atoms with Gasteiger partial charge in [0.2, 0.25) is 0 Å². The second kappa shape index (κ2) is 6.96. The summed E-state index contributed by atoms with van der Waals surface area (Å²) >= 11 is 3.59. The fourth-order valence-electron chi connectivity index (χ4n) is 2.56. The Bertz CT molecular complexity index is 738. The molecule has 1 aliphatic heterocycles. The molecule has 0 aliphatic carbocycles. The van der Waals surface area contributed by atoms with E-state index in [1.54, 1.807) is 28.2 Å². The molecule has 2 aromatic heterocycles. The minimum absolute atomic E-state index is 0.158. The van der Waals surface area contributed by atoms with Crippen LogP contribution in [-0.4, -0.2) is 41.1 Å². The molecule has 0 radical (unpaired) electrons. The summed E-state index contributed by atoms with van der Waals surface area (Å²) in [4.78, 5) is 5.44. The average Bonchev–Trinajstić information content (AvgIpc) is 3.15. The van der Waals surface area contributed by atoms with Crippen LogP contribution in [0.25, 0.3) is 0 Å². The Labute approximate surface area is 145 Å². The van der Waals surface area contributed by atoms with Crippen molar-refractivity contribution in [2.45, 2.75) is 36.6 Å². The first kappa shape index (κ1) is 17.0. The van der Waals surface area contributed by atoms with Gasteiger partial charge in [0.15, 0.2) is 5.03 Å². The number of sulfonamides is 1. The van der Waals surface area contributed by atoms with Gasteiger partial charge >= 0.3 is 0 Å². The lowest BCUT2D eigenvalue weighted by Gasteiger charge is -2.18. The summed E-state index contributed by atoms with van der Waals surface area (Å²) in [6, 6.07) is 4.39. The van der Waals surface area contributed by atoms with Crippen LogP contribution in [-0.2, 0) is 10.0 Å². The van der Waals surface area contributed by atoms with E-state index in [1.807, 2.05) is 30.2 Å². The standard InChI is InChI=1S/C15H21N3O2S3/c1-12(2)17-10-15(16-11-17)23(19,20)18-6-5-14(22-9-7-18)13-4-3-8-21-13/h3-4,8,10-12,14H,5-7,9H2,1-2H3. The Morgan fingerprint density at radius 3 is 2.83 bits per heavy atom. The van der Waals surface area contributed by atoms with Gasteiger partial charge in [-0.1, -0.05) is 6.07 Å². The highest BCUT2D eigenvalue weighted by Crippen LogP contribution is 2.37.